The minimum Gasteiger partial charge on any atom is -0.411 e. The Hall–Kier alpha value is -1.33. The molecular formula is C14H13BrN2OS. The van der Waals surface area contributed by atoms with Crippen molar-refractivity contribution in [3.63, 3.8) is 0 Å². The molecule has 3 nitrogen and oxygen atoms in total. The molecule has 2 aromatic rings. The normalized spacial score (nSPS) is 16.7. The van der Waals surface area contributed by atoms with E-state index in [0.29, 0.717) is 0 Å². The summed E-state index contributed by atoms with van der Waals surface area (Å²) < 4.78 is 1.16. The van der Waals surface area contributed by atoms with Gasteiger partial charge in [-0.25, -0.2) is 0 Å². The Bertz CT molecular complexity index is 623. The fourth-order valence-electron chi connectivity index (χ4n) is 2.38. The highest BCUT2D eigenvalue weighted by Gasteiger charge is 2.21. The molecule has 2 heterocycles. The number of anilines is 1. The van der Waals surface area contributed by atoms with Crippen molar-refractivity contribution in [1.29, 1.82) is 0 Å². The van der Waals surface area contributed by atoms with Crippen molar-refractivity contribution in [2.45, 2.75) is 13.0 Å². The van der Waals surface area contributed by atoms with Crippen LogP contribution in [-0.2, 0) is 6.54 Å². The molecule has 0 saturated heterocycles. The fourth-order valence-corrected chi connectivity index (χ4v) is 3.88. The summed E-state index contributed by atoms with van der Waals surface area (Å²) in [6.07, 6.45) is 0.778. The molecule has 1 aliphatic heterocycles. The van der Waals surface area contributed by atoms with E-state index in [1.54, 1.807) is 11.3 Å². The molecule has 0 aliphatic carbocycles. The lowest BCUT2D eigenvalue weighted by Gasteiger charge is -2.31. The Kier molecular flexibility index (Phi) is 3.57. The molecule has 0 fully saturated rings. The third-order valence-corrected chi connectivity index (χ3v) is 4.88. The van der Waals surface area contributed by atoms with Crippen LogP contribution < -0.4 is 4.90 Å². The molecule has 0 saturated carbocycles. The lowest BCUT2D eigenvalue weighted by Crippen LogP contribution is -2.31. The second kappa shape index (κ2) is 5.35. The fraction of sp³-hybridized carbons (Fsp3) is 0.214. The Labute approximate surface area is 124 Å². The molecule has 1 aromatic carbocycles. The Morgan fingerprint density at radius 3 is 2.84 bits per heavy atom. The van der Waals surface area contributed by atoms with Gasteiger partial charge in [0.05, 0.1) is 16.0 Å². The van der Waals surface area contributed by atoms with Crippen LogP contribution >= 0.6 is 27.3 Å². The molecule has 0 bridgehead atoms. The third-order valence-electron chi connectivity index (χ3n) is 3.27. The number of benzene rings is 1. The van der Waals surface area contributed by atoms with Crippen LogP contribution in [0.25, 0.3) is 0 Å². The lowest BCUT2D eigenvalue weighted by atomic mass is 9.99. The van der Waals surface area contributed by atoms with Crippen molar-refractivity contribution in [1.82, 2.24) is 0 Å². The minimum atomic E-state index is 0.777. The van der Waals surface area contributed by atoms with Crippen molar-refractivity contribution in [2.24, 2.45) is 5.16 Å². The van der Waals surface area contributed by atoms with E-state index in [2.05, 4.69) is 44.2 Å². The van der Waals surface area contributed by atoms with Gasteiger partial charge in [0.25, 0.3) is 0 Å². The average Bonchev–Trinajstić information content (AvgIpc) is 2.85. The molecule has 1 aromatic heterocycles. The quantitative estimate of drug-likeness (QED) is 0.662. The SMILES string of the molecule is ON=C1CCN(Cc2ccc(Br)s2)c2ccccc21. The summed E-state index contributed by atoms with van der Waals surface area (Å²) in [6.45, 7) is 1.78. The summed E-state index contributed by atoms with van der Waals surface area (Å²) in [6, 6.07) is 12.3. The number of fused-ring (bicyclic) bond motifs is 1. The molecule has 19 heavy (non-hydrogen) atoms. The number of para-hydroxylation sites is 1. The Morgan fingerprint density at radius 1 is 1.26 bits per heavy atom. The molecule has 0 spiro atoms. The first kappa shape index (κ1) is 12.7. The number of oxime groups is 1. The van der Waals surface area contributed by atoms with E-state index in [0.717, 1.165) is 40.3 Å². The van der Waals surface area contributed by atoms with E-state index in [1.165, 1.54) is 4.88 Å². The summed E-state index contributed by atoms with van der Waals surface area (Å²) in [4.78, 5) is 3.66. The van der Waals surface area contributed by atoms with Crippen LogP contribution in [0, 0.1) is 0 Å². The number of rotatable bonds is 2. The second-order valence-electron chi connectivity index (χ2n) is 4.44. The van der Waals surface area contributed by atoms with Gasteiger partial charge in [0.2, 0.25) is 0 Å². The summed E-state index contributed by atoms with van der Waals surface area (Å²) in [5.41, 5.74) is 2.96. The topological polar surface area (TPSA) is 35.8 Å². The van der Waals surface area contributed by atoms with Crippen molar-refractivity contribution in [3.8, 4) is 0 Å². The summed E-state index contributed by atoms with van der Waals surface area (Å²) in [5, 5.41) is 12.5. The predicted molar refractivity (Wildman–Crippen MR) is 82.5 cm³/mol. The highest BCUT2D eigenvalue weighted by Crippen LogP contribution is 2.30. The molecule has 0 atom stereocenters. The monoisotopic (exact) mass is 336 g/mol. The van der Waals surface area contributed by atoms with Gasteiger partial charge in [0, 0.05) is 29.1 Å². The Balaban J connectivity index is 1.92. The standard InChI is InChI=1S/C14H13BrN2OS/c15-14-6-5-10(19-14)9-17-8-7-12(16-18)11-3-1-2-4-13(11)17/h1-6,18H,7-9H2. The maximum Gasteiger partial charge on any atom is 0.0906 e. The van der Waals surface area contributed by atoms with E-state index in [4.69, 9.17) is 5.21 Å². The third kappa shape index (κ3) is 2.53. The van der Waals surface area contributed by atoms with Gasteiger partial charge < -0.3 is 10.1 Å². The molecule has 0 amide bonds. The number of thiophene rings is 1. The number of halogens is 1. The van der Waals surface area contributed by atoms with Crippen LogP contribution in [0.5, 0.6) is 0 Å². The molecule has 0 radical (unpaired) electrons. The largest absolute Gasteiger partial charge is 0.411 e. The van der Waals surface area contributed by atoms with Gasteiger partial charge in [-0.3, -0.25) is 0 Å². The average molecular weight is 337 g/mol. The molecule has 1 N–H and O–H groups in total. The number of nitrogens with zero attached hydrogens (tertiary/aromatic N) is 2. The Morgan fingerprint density at radius 2 is 2.11 bits per heavy atom. The number of hydrogen-bond acceptors (Lipinski definition) is 4. The van der Waals surface area contributed by atoms with Crippen LogP contribution in [0.3, 0.4) is 0 Å². The maximum atomic E-state index is 9.08. The van der Waals surface area contributed by atoms with E-state index >= 15 is 0 Å². The molecular weight excluding hydrogens is 324 g/mol. The molecule has 0 unspecified atom stereocenters. The van der Waals surface area contributed by atoms with Crippen molar-refractivity contribution in [3.05, 3.63) is 50.6 Å². The van der Waals surface area contributed by atoms with Gasteiger partial charge >= 0.3 is 0 Å². The van der Waals surface area contributed by atoms with Crippen molar-refractivity contribution < 1.29 is 5.21 Å². The highest BCUT2D eigenvalue weighted by molar-refractivity contribution is 9.11. The summed E-state index contributed by atoms with van der Waals surface area (Å²) in [5.74, 6) is 0. The van der Waals surface area contributed by atoms with Crippen molar-refractivity contribution in [2.75, 3.05) is 11.4 Å². The van der Waals surface area contributed by atoms with Gasteiger partial charge in [0.1, 0.15) is 0 Å². The van der Waals surface area contributed by atoms with E-state index < -0.39 is 0 Å². The van der Waals surface area contributed by atoms with Crippen LogP contribution in [0.1, 0.15) is 16.9 Å². The van der Waals surface area contributed by atoms with Gasteiger partial charge in [-0.2, -0.15) is 0 Å². The molecule has 98 valence electrons. The van der Waals surface area contributed by atoms with Gasteiger partial charge in [0.15, 0.2) is 0 Å². The van der Waals surface area contributed by atoms with E-state index in [9.17, 15) is 0 Å². The van der Waals surface area contributed by atoms with Gasteiger partial charge in [-0.05, 0) is 34.1 Å². The predicted octanol–water partition coefficient (Wildman–Crippen LogP) is 4.10. The van der Waals surface area contributed by atoms with Crippen LogP contribution in [0.4, 0.5) is 5.69 Å². The van der Waals surface area contributed by atoms with Gasteiger partial charge in [-0.15, -0.1) is 11.3 Å². The first-order valence-corrected chi connectivity index (χ1v) is 7.68. The smallest absolute Gasteiger partial charge is 0.0906 e. The summed E-state index contributed by atoms with van der Waals surface area (Å²) in [7, 11) is 0. The maximum absolute atomic E-state index is 9.08. The summed E-state index contributed by atoms with van der Waals surface area (Å²) >= 11 is 5.26. The highest BCUT2D eigenvalue weighted by atomic mass is 79.9. The second-order valence-corrected chi connectivity index (χ2v) is 6.99. The first-order chi connectivity index (χ1) is 9.28. The van der Waals surface area contributed by atoms with Crippen molar-refractivity contribution >= 4 is 38.7 Å². The van der Waals surface area contributed by atoms with Crippen LogP contribution in [0.2, 0.25) is 0 Å². The zero-order valence-electron chi connectivity index (χ0n) is 10.2. The molecule has 1 aliphatic rings. The lowest BCUT2D eigenvalue weighted by molar-refractivity contribution is 0.317. The van der Waals surface area contributed by atoms with E-state index in [-0.39, 0.29) is 0 Å². The van der Waals surface area contributed by atoms with Gasteiger partial charge in [-0.1, -0.05) is 23.4 Å². The zero-order chi connectivity index (χ0) is 13.2. The number of hydrogen-bond donors (Lipinski definition) is 1. The molecule has 3 rings (SSSR count). The zero-order valence-corrected chi connectivity index (χ0v) is 12.6. The molecule has 5 heteroatoms. The minimum absolute atomic E-state index is 0.777. The first-order valence-electron chi connectivity index (χ1n) is 6.07. The van der Waals surface area contributed by atoms with E-state index in [1.807, 2.05) is 18.2 Å². The van der Waals surface area contributed by atoms with Crippen LogP contribution in [0.15, 0.2) is 45.3 Å². The van der Waals surface area contributed by atoms with Crippen LogP contribution in [-0.4, -0.2) is 17.5 Å².